The number of imidazole rings is 1. The van der Waals surface area contributed by atoms with Crippen LogP contribution in [0.2, 0.25) is 0 Å². The number of nitrogens with zero attached hydrogens (tertiary/aromatic N) is 5. The molecule has 2 aromatic heterocycles. The highest BCUT2D eigenvalue weighted by atomic mass is 32.1. The molecule has 2 aliphatic rings. The molecule has 8 heteroatoms. The van der Waals surface area contributed by atoms with Gasteiger partial charge in [-0.3, -0.25) is 4.79 Å². The zero-order valence-corrected chi connectivity index (χ0v) is 18.2. The molecule has 3 heterocycles. The summed E-state index contributed by atoms with van der Waals surface area (Å²) in [5.41, 5.74) is 2.09. The summed E-state index contributed by atoms with van der Waals surface area (Å²) in [6.45, 7) is 5.08. The Balaban J connectivity index is 1.44. The largest absolute Gasteiger partial charge is 0.365 e. The maximum atomic E-state index is 12.0. The third-order valence-electron chi connectivity index (χ3n) is 6.14. The fourth-order valence-corrected chi connectivity index (χ4v) is 5.38. The number of carbonyl (C=O) groups is 1. The zero-order chi connectivity index (χ0) is 20.5. The lowest BCUT2D eigenvalue weighted by atomic mass is 10.1. The number of fused-ring (bicyclic) bond motifs is 1. The molecule has 0 atom stereocenters. The fourth-order valence-electron chi connectivity index (χ4n) is 4.43. The van der Waals surface area contributed by atoms with E-state index in [-0.39, 0.29) is 5.91 Å². The first-order valence-electron chi connectivity index (χ1n) is 11.0. The maximum absolute atomic E-state index is 12.0. The van der Waals surface area contributed by atoms with E-state index in [1.54, 1.807) is 11.3 Å². The first-order chi connectivity index (χ1) is 14.7. The van der Waals surface area contributed by atoms with Crippen LogP contribution in [-0.2, 0) is 4.79 Å². The van der Waals surface area contributed by atoms with Gasteiger partial charge in [-0.05, 0) is 12.8 Å². The Morgan fingerprint density at radius 1 is 1.13 bits per heavy atom. The van der Waals surface area contributed by atoms with Gasteiger partial charge in [0.15, 0.2) is 5.82 Å². The van der Waals surface area contributed by atoms with Crippen LogP contribution >= 0.6 is 11.3 Å². The minimum Gasteiger partial charge on any atom is -0.365 e. The van der Waals surface area contributed by atoms with Crippen molar-refractivity contribution in [2.45, 2.75) is 45.1 Å². The van der Waals surface area contributed by atoms with Gasteiger partial charge in [-0.1, -0.05) is 61.4 Å². The van der Waals surface area contributed by atoms with Gasteiger partial charge < -0.3 is 15.1 Å². The van der Waals surface area contributed by atoms with Crippen LogP contribution in [0.3, 0.4) is 0 Å². The molecule has 1 saturated carbocycles. The van der Waals surface area contributed by atoms with Crippen molar-refractivity contribution in [2.24, 2.45) is 0 Å². The number of amides is 1. The van der Waals surface area contributed by atoms with E-state index in [0.717, 1.165) is 53.3 Å². The Hall–Kier alpha value is -2.61. The number of benzene rings is 1. The average Bonchev–Trinajstić information content (AvgIpc) is 3.52. The first kappa shape index (κ1) is 19.4. The summed E-state index contributed by atoms with van der Waals surface area (Å²) < 4.78 is 1.99. The van der Waals surface area contributed by atoms with E-state index in [4.69, 9.17) is 10.1 Å². The third-order valence-corrected chi connectivity index (χ3v) is 7.11. The summed E-state index contributed by atoms with van der Waals surface area (Å²) in [5, 5.41) is 9.68. The van der Waals surface area contributed by atoms with E-state index in [1.807, 2.05) is 22.4 Å². The molecular formula is C22H28N6OS. The van der Waals surface area contributed by atoms with Gasteiger partial charge in [-0.25, -0.2) is 4.98 Å². The van der Waals surface area contributed by atoms with Crippen molar-refractivity contribution in [1.29, 1.82) is 0 Å². The van der Waals surface area contributed by atoms with E-state index in [9.17, 15) is 4.79 Å². The van der Waals surface area contributed by atoms with Gasteiger partial charge in [0.25, 0.3) is 0 Å². The molecule has 1 N–H and O–H groups in total. The molecule has 0 radical (unpaired) electrons. The second kappa shape index (κ2) is 8.26. The minimum atomic E-state index is 0.235. The van der Waals surface area contributed by atoms with Crippen molar-refractivity contribution in [2.75, 3.05) is 36.4 Å². The third kappa shape index (κ3) is 3.64. The molecule has 0 unspecified atom stereocenters. The van der Waals surface area contributed by atoms with Gasteiger partial charge in [-0.2, -0.15) is 4.52 Å². The van der Waals surface area contributed by atoms with Crippen molar-refractivity contribution in [1.82, 2.24) is 19.5 Å². The van der Waals surface area contributed by atoms with E-state index < -0.39 is 0 Å². The summed E-state index contributed by atoms with van der Waals surface area (Å²) in [6.07, 6.45) is 5.54. The number of carbonyl (C=O) groups excluding carboxylic acids is 1. The normalized spacial score (nSPS) is 17.8. The molecule has 0 spiro atoms. The van der Waals surface area contributed by atoms with Crippen LogP contribution in [0.15, 0.2) is 30.3 Å². The van der Waals surface area contributed by atoms with Crippen molar-refractivity contribution in [3.05, 3.63) is 30.3 Å². The molecule has 1 amide bonds. The number of aromatic nitrogens is 3. The molecule has 1 aromatic carbocycles. The van der Waals surface area contributed by atoms with E-state index in [2.05, 4.69) is 34.5 Å². The lowest BCUT2D eigenvalue weighted by Gasteiger charge is -2.34. The Kier molecular flexibility index (Phi) is 5.33. The summed E-state index contributed by atoms with van der Waals surface area (Å²) >= 11 is 1.63. The second-order valence-corrected chi connectivity index (χ2v) is 9.04. The Morgan fingerprint density at radius 3 is 2.57 bits per heavy atom. The van der Waals surface area contributed by atoms with Gasteiger partial charge in [0.05, 0.1) is 0 Å². The zero-order valence-electron chi connectivity index (χ0n) is 17.4. The molecule has 3 aromatic rings. The highest BCUT2D eigenvalue weighted by Crippen LogP contribution is 2.35. The average molecular weight is 425 g/mol. The molecule has 2 fully saturated rings. The quantitative estimate of drug-likeness (QED) is 0.674. The summed E-state index contributed by atoms with van der Waals surface area (Å²) in [5.74, 6) is 1.24. The molecule has 1 saturated heterocycles. The standard InChI is InChI=1S/C22H28N6OS/c1-2-18(29)26-12-14-27(15-13-26)22-25-28-20(23-17-10-6-7-11-17)19(24-21(28)30-22)16-8-4-3-5-9-16/h3-5,8-9,17,23H,2,6-7,10-15H2,1H3. The molecule has 0 bridgehead atoms. The van der Waals surface area contributed by atoms with Crippen LogP contribution < -0.4 is 10.2 Å². The minimum absolute atomic E-state index is 0.235. The monoisotopic (exact) mass is 424 g/mol. The van der Waals surface area contributed by atoms with Crippen LogP contribution in [0.4, 0.5) is 10.9 Å². The molecule has 1 aliphatic heterocycles. The van der Waals surface area contributed by atoms with Crippen LogP contribution in [0.5, 0.6) is 0 Å². The predicted octanol–water partition coefficient (Wildman–Crippen LogP) is 3.87. The van der Waals surface area contributed by atoms with Crippen molar-refractivity contribution in [3.63, 3.8) is 0 Å². The van der Waals surface area contributed by atoms with Gasteiger partial charge >= 0.3 is 0 Å². The molecular weight excluding hydrogens is 396 g/mol. The smallest absolute Gasteiger partial charge is 0.222 e. The summed E-state index contributed by atoms with van der Waals surface area (Å²) in [7, 11) is 0. The molecule has 158 valence electrons. The SMILES string of the molecule is CCC(=O)N1CCN(c2nn3c(NC4CCCC4)c(-c4ccccc4)nc3s2)CC1. The van der Waals surface area contributed by atoms with Crippen molar-refractivity contribution in [3.8, 4) is 11.3 Å². The number of hydrogen-bond donors (Lipinski definition) is 1. The van der Waals surface area contributed by atoms with Crippen molar-refractivity contribution >= 4 is 33.2 Å². The van der Waals surface area contributed by atoms with E-state index in [1.165, 1.54) is 25.7 Å². The topological polar surface area (TPSA) is 65.8 Å². The highest BCUT2D eigenvalue weighted by Gasteiger charge is 2.26. The molecule has 7 nitrogen and oxygen atoms in total. The summed E-state index contributed by atoms with van der Waals surface area (Å²) in [4.78, 5) is 22.1. The fraction of sp³-hybridized carbons (Fsp3) is 0.500. The van der Waals surface area contributed by atoms with Gasteiger partial charge in [0, 0.05) is 44.2 Å². The Morgan fingerprint density at radius 2 is 1.87 bits per heavy atom. The van der Waals surface area contributed by atoms with Crippen LogP contribution in [0.1, 0.15) is 39.0 Å². The van der Waals surface area contributed by atoms with Crippen molar-refractivity contribution < 1.29 is 4.79 Å². The van der Waals surface area contributed by atoms with Crippen LogP contribution in [0.25, 0.3) is 16.2 Å². The Labute approximate surface area is 180 Å². The van der Waals surface area contributed by atoms with E-state index in [0.29, 0.717) is 12.5 Å². The number of rotatable bonds is 5. The highest BCUT2D eigenvalue weighted by molar-refractivity contribution is 7.20. The Bertz CT molecular complexity index is 1020. The van der Waals surface area contributed by atoms with Gasteiger partial charge in [0.2, 0.25) is 16.0 Å². The maximum Gasteiger partial charge on any atom is 0.222 e. The lowest BCUT2D eigenvalue weighted by molar-refractivity contribution is -0.131. The number of nitrogens with one attached hydrogen (secondary N) is 1. The summed E-state index contributed by atoms with van der Waals surface area (Å²) in [6, 6.07) is 10.8. The molecule has 5 rings (SSSR count). The van der Waals surface area contributed by atoms with Crippen LogP contribution in [-0.4, -0.2) is 57.6 Å². The number of hydrogen-bond acceptors (Lipinski definition) is 6. The number of piperazine rings is 1. The van der Waals surface area contributed by atoms with Gasteiger partial charge in [0.1, 0.15) is 5.69 Å². The lowest BCUT2D eigenvalue weighted by Crippen LogP contribution is -2.48. The predicted molar refractivity (Wildman–Crippen MR) is 121 cm³/mol. The van der Waals surface area contributed by atoms with E-state index >= 15 is 0 Å². The molecule has 1 aliphatic carbocycles. The number of anilines is 2. The first-order valence-corrected chi connectivity index (χ1v) is 11.8. The molecule has 30 heavy (non-hydrogen) atoms. The van der Waals surface area contributed by atoms with Gasteiger partial charge in [-0.15, -0.1) is 5.10 Å². The van der Waals surface area contributed by atoms with Crippen LogP contribution in [0, 0.1) is 0 Å². The second-order valence-electron chi connectivity index (χ2n) is 8.10.